The number of phenolic OH excluding ortho intramolecular Hbond substituents is 2. The summed E-state index contributed by atoms with van der Waals surface area (Å²) in [6.45, 7) is 0. The number of hydrogen-bond acceptors (Lipinski definition) is 6. The highest BCUT2D eigenvalue weighted by Gasteiger charge is 2.30. The average molecular weight is 437 g/mol. The van der Waals surface area contributed by atoms with Crippen molar-refractivity contribution in [1.29, 1.82) is 0 Å². The van der Waals surface area contributed by atoms with E-state index in [0.717, 1.165) is 22.8 Å². The second-order valence-electron chi connectivity index (χ2n) is 7.62. The van der Waals surface area contributed by atoms with E-state index < -0.39 is 16.4 Å². The smallest absolute Gasteiger partial charge is 0.311 e. The zero-order valence-electron chi connectivity index (χ0n) is 17.0. The Hall–Kier alpha value is -4.78. The summed E-state index contributed by atoms with van der Waals surface area (Å²) in [6, 6.07) is 21.7. The van der Waals surface area contributed by atoms with Crippen LogP contribution in [0, 0.1) is 10.1 Å². The average Bonchev–Trinajstić information content (AvgIpc) is 3.25. The Morgan fingerprint density at radius 3 is 1.64 bits per heavy atom. The number of rotatable bonds is 1. The molecule has 2 aliphatic carbocycles. The van der Waals surface area contributed by atoms with Crippen molar-refractivity contribution in [3.63, 3.8) is 0 Å². The Labute approximate surface area is 187 Å². The number of phenols is 2. The molecule has 0 bridgehead atoms. The van der Waals surface area contributed by atoms with Gasteiger partial charge in [-0.2, -0.15) is 0 Å². The third-order valence-corrected chi connectivity index (χ3v) is 5.73. The molecule has 0 radical (unpaired) electrons. The lowest BCUT2D eigenvalue weighted by Crippen LogP contribution is -1.96. The first-order chi connectivity index (χ1) is 15.9. The van der Waals surface area contributed by atoms with Crippen molar-refractivity contribution < 1.29 is 24.7 Å². The topological polar surface area (TPSA) is 118 Å². The predicted molar refractivity (Wildman–Crippen MR) is 121 cm³/mol. The van der Waals surface area contributed by atoms with E-state index in [9.17, 15) is 29.9 Å². The standard InChI is InChI=1S/C13H7NO4.C13H8O2/c15-12-6-10-9(5-11(12)14(17)18)7-3-1-2-4-8(7)13(10)16;14-8-5-6-10-9-3-1-2-4-11(9)13(15)12(10)7-8/h1-6,15H;1-7,14H. The number of nitro groups is 1. The molecule has 4 aromatic rings. The van der Waals surface area contributed by atoms with Crippen molar-refractivity contribution in [2.24, 2.45) is 0 Å². The largest absolute Gasteiger partial charge is 0.508 e. The van der Waals surface area contributed by atoms with E-state index in [1.54, 1.807) is 36.4 Å². The molecule has 0 aromatic heterocycles. The Balaban J connectivity index is 0.000000140. The van der Waals surface area contributed by atoms with Gasteiger partial charge >= 0.3 is 5.69 Å². The lowest BCUT2D eigenvalue weighted by Gasteiger charge is -2.01. The molecule has 7 heteroatoms. The van der Waals surface area contributed by atoms with Crippen LogP contribution in [0.1, 0.15) is 31.8 Å². The minimum Gasteiger partial charge on any atom is -0.508 e. The van der Waals surface area contributed by atoms with E-state index in [2.05, 4.69) is 0 Å². The van der Waals surface area contributed by atoms with Crippen molar-refractivity contribution in [2.45, 2.75) is 0 Å². The number of ketones is 2. The highest BCUT2D eigenvalue weighted by Crippen LogP contribution is 2.42. The second kappa shape index (κ2) is 7.42. The van der Waals surface area contributed by atoms with Crippen molar-refractivity contribution >= 4 is 17.3 Å². The SMILES string of the molecule is O=C1c2ccccc2-c2cc([N+](=O)[O-])c(O)cc21.O=C1c2ccccc2-c2ccc(O)cc21. The minimum atomic E-state index is -0.666. The first-order valence-electron chi connectivity index (χ1n) is 9.99. The van der Waals surface area contributed by atoms with Crippen LogP contribution in [0.25, 0.3) is 22.3 Å². The molecule has 2 N–H and O–H groups in total. The van der Waals surface area contributed by atoms with Gasteiger partial charge in [-0.25, -0.2) is 0 Å². The Kier molecular flexibility index (Phi) is 4.53. The summed E-state index contributed by atoms with van der Waals surface area (Å²) in [5.74, 6) is -0.572. The molecule has 2 aliphatic rings. The van der Waals surface area contributed by atoms with Crippen LogP contribution in [0.3, 0.4) is 0 Å². The fourth-order valence-electron chi connectivity index (χ4n) is 4.21. The first kappa shape index (κ1) is 20.1. The molecule has 0 fully saturated rings. The molecular weight excluding hydrogens is 422 g/mol. The molecule has 4 aromatic carbocycles. The number of carbonyl (C=O) groups excluding carboxylic acids is 2. The van der Waals surface area contributed by atoms with Crippen LogP contribution in [-0.4, -0.2) is 26.7 Å². The highest BCUT2D eigenvalue weighted by atomic mass is 16.6. The summed E-state index contributed by atoms with van der Waals surface area (Å²) < 4.78 is 0. The summed E-state index contributed by atoms with van der Waals surface area (Å²) in [6.07, 6.45) is 0. The van der Waals surface area contributed by atoms with Gasteiger partial charge in [0, 0.05) is 33.9 Å². The molecule has 0 atom stereocenters. The van der Waals surface area contributed by atoms with Crippen molar-refractivity contribution in [1.82, 2.24) is 0 Å². The fourth-order valence-corrected chi connectivity index (χ4v) is 4.21. The van der Waals surface area contributed by atoms with Crippen LogP contribution in [0.15, 0.2) is 78.9 Å². The van der Waals surface area contributed by atoms with Gasteiger partial charge < -0.3 is 10.2 Å². The van der Waals surface area contributed by atoms with Crippen LogP contribution >= 0.6 is 0 Å². The third-order valence-electron chi connectivity index (χ3n) is 5.73. The van der Waals surface area contributed by atoms with Gasteiger partial charge in [0.2, 0.25) is 0 Å². The maximum atomic E-state index is 12.0. The summed E-state index contributed by atoms with van der Waals surface area (Å²) in [4.78, 5) is 34.1. The first-order valence-corrected chi connectivity index (χ1v) is 9.99. The predicted octanol–water partition coefficient (Wildman–Crippen LogP) is 5.12. The number of fused-ring (bicyclic) bond motifs is 6. The lowest BCUT2D eigenvalue weighted by molar-refractivity contribution is -0.385. The molecule has 160 valence electrons. The molecule has 0 amide bonds. The van der Waals surface area contributed by atoms with Crippen molar-refractivity contribution in [3.05, 3.63) is 111 Å². The van der Waals surface area contributed by atoms with Crippen LogP contribution in [-0.2, 0) is 0 Å². The van der Waals surface area contributed by atoms with Crippen molar-refractivity contribution in [3.8, 4) is 33.8 Å². The number of nitro benzene ring substituents is 1. The Bertz CT molecular complexity index is 1500. The molecule has 6 rings (SSSR count). The van der Waals surface area contributed by atoms with Gasteiger partial charge in [-0.3, -0.25) is 19.7 Å². The zero-order valence-corrected chi connectivity index (χ0v) is 17.0. The molecular formula is C26H15NO6. The van der Waals surface area contributed by atoms with E-state index in [1.165, 1.54) is 12.1 Å². The lowest BCUT2D eigenvalue weighted by atomic mass is 10.0. The van der Waals surface area contributed by atoms with E-state index in [0.29, 0.717) is 27.8 Å². The van der Waals surface area contributed by atoms with Crippen molar-refractivity contribution in [2.75, 3.05) is 0 Å². The normalized spacial score (nSPS) is 12.2. The summed E-state index contributed by atoms with van der Waals surface area (Å²) in [7, 11) is 0. The summed E-state index contributed by atoms with van der Waals surface area (Å²) >= 11 is 0. The van der Waals surface area contributed by atoms with Gasteiger partial charge in [0.15, 0.2) is 17.3 Å². The van der Waals surface area contributed by atoms with E-state index in [4.69, 9.17) is 0 Å². The maximum Gasteiger partial charge on any atom is 0.311 e. The Morgan fingerprint density at radius 2 is 1.06 bits per heavy atom. The van der Waals surface area contributed by atoms with Gasteiger partial charge in [0.05, 0.1) is 4.92 Å². The van der Waals surface area contributed by atoms with Gasteiger partial charge in [-0.1, -0.05) is 48.5 Å². The number of aromatic hydroxyl groups is 2. The van der Waals surface area contributed by atoms with Gasteiger partial charge in [-0.05, 0) is 41.0 Å². The van der Waals surface area contributed by atoms with E-state index in [1.807, 2.05) is 24.3 Å². The summed E-state index contributed by atoms with van der Waals surface area (Å²) in [5, 5.41) is 29.7. The van der Waals surface area contributed by atoms with Gasteiger partial charge in [0.1, 0.15) is 5.75 Å². The molecule has 0 saturated heterocycles. The molecule has 0 spiro atoms. The molecule has 0 saturated carbocycles. The van der Waals surface area contributed by atoms with E-state index >= 15 is 0 Å². The maximum absolute atomic E-state index is 12.0. The van der Waals surface area contributed by atoms with Crippen LogP contribution in [0.2, 0.25) is 0 Å². The second-order valence-corrected chi connectivity index (χ2v) is 7.62. The molecule has 33 heavy (non-hydrogen) atoms. The molecule has 0 aliphatic heterocycles. The monoisotopic (exact) mass is 437 g/mol. The van der Waals surface area contributed by atoms with E-state index in [-0.39, 0.29) is 17.3 Å². The molecule has 0 unspecified atom stereocenters. The van der Waals surface area contributed by atoms with Gasteiger partial charge in [0.25, 0.3) is 0 Å². The van der Waals surface area contributed by atoms with Crippen LogP contribution < -0.4 is 0 Å². The highest BCUT2D eigenvalue weighted by molar-refractivity contribution is 6.22. The molecule has 0 heterocycles. The van der Waals surface area contributed by atoms with Crippen LogP contribution in [0.5, 0.6) is 11.5 Å². The number of nitrogens with zero attached hydrogens (tertiary/aromatic N) is 1. The summed E-state index contributed by atoms with van der Waals surface area (Å²) in [5.41, 5.74) is 4.77. The van der Waals surface area contributed by atoms with Crippen LogP contribution in [0.4, 0.5) is 5.69 Å². The quantitative estimate of drug-likeness (QED) is 0.272. The Morgan fingerprint density at radius 1 is 0.576 bits per heavy atom. The minimum absolute atomic E-state index is 0.00324. The number of carbonyl (C=O) groups is 2. The number of hydrogen-bond donors (Lipinski definition) is 2. The third kappa shape index (κ3) is 3.14. The number of benzene rings is 4. The van der Waals surface area contributed by atoms with Gasteiger partial charge in [-0.15, -0.1) is 0 Å². The fraction of sp³-hybridized carbons (Fsp3) is 0. The zero-order chi connectivity index (χ0) is 23.3. The molecule has 7 nitrogen and oxygen atoms in total.